The van der Waals surface area contributed by atoms with E-state index in [4.69, 9.17) is 5.84 Å². The van der Waals surface area contributed by atoms with Crippen LogP contribution in [-0.4, -0.2) is 24.2 Å². The topological polar surface area (TPSA) is 41.6 Å². The van der Waals surface area contributed by atoms with Crippen molar-refractivity contribution in [2.45, 2.75) is 25.8 Å². The molecule has 4 heteroatoms. The van der Waals surface area contributed by atoms with Gasteiger partial charge in [0.1, 0.15) is 5.82 Å². The number of rotatable bonds is 3. The summed E-state index contributed by atoms with van der Waals surface area (Å²) in [4.78, 5) is 2.30. The van der Waals surface area contributed by atoms with Gasteiger partial charge in [0, 0.05) is 12.1 Å². The van der Waals surface area contributed by atoms with Gasteiger partial charge in [-0.3, -0.25) is 4.90 Å². The lowest BCUT2D eigenvalue weighted by Gasteiger charge is -2.26. The van der Waals surface area contributed by atoms with Crippen LogP contribution in [0.1, 0.15) is 30.4 Å². The van der Waals surface area contributed by atoms with Gasteiger partial charge in [0.2, 0.25) is 0 Å². The minimum Gasteiger partial charge on any atom is -0.323 e. The van der Waals surface area contributed by atoms with E-state index in [0.29, 0.717) is 12.1 Å². The van der Waals surface area contributed by atoms with Crippen molar-refractivity contribution >= 4 is 6.21 Å². The first-order chi connectivity index (χ1) is 8.29. The molecule has 92 valence electrons. The lowest BCUT2D eigenvalue weighted by atomic mass is 10.1. The Morgan fingerprint density at radius 2 is 2.06 bits per heavy atom. The molecule has 2 N–H and O–H groups in total. The summed E-state index contributed by atoms with van der Waals surface area (Å²) in [5.41, 5.74) is 1.45. The molecule has 17 heavy (non-hydrogen) atoms. The molecule has 0 spiro atoms. The Hall–Kier alpha value is -1.42. The van der Waals surface area contributed by atoms with Gasteiger partial charge in [-0.15, -0.1) is 0 Å². The highest BCUT2D eigenvalue weighted by atomic mass is 19.1. The average Bonchev–Trinajstić information content (AvgIpc) is 2.34. The summed E-state index contributed by atoms with van der Waals surface area (Å²) < 4.78 is 13.8. The lowest BCUT2D eigenvalue weighted by Crippen LogP contribution is -2.29. The van der Waals surface area contributed by atoms with E-state index in [1.807, 2.05) is 12.1 Å². The van der Waals surface area contributed by atoms with Crippen LogP contribution in [0.25, 0.3) is 0 Å². The number of benzene rings is 1. The molecule has 0 aromatic heterocycles. The van der Waals surface area contributed by atoms with Crippen LogP contribution >= 0.6 is 0 Å². The Morgan fingerprint density at radius 3 is 2.71 bits per heavy atom. The van der Waals surface area contributed by atoms with E-state index in [0.717, 1.165) is 18.7 Å². The van der Waals surface area contributed by atoms with Crippen molar-refractivity contribution in [3.05, 3.63) is 35.1 Å². The first-order valence-electron chi connectivity index (χ1n) is 6.03. The van der Waals surface area contributed by atoms with Crippen LogP contribution in [0, 0.1) is 5.82 Å². The maximum atomic E-state index is 13.8. The quantitative estimate of drug-likeness (QED) is 0.495. The fourth-order valence-electron chi connectivity index (χ4n) is 2.22. The third-order valence-corrected chi connectivity index (χ3v) is 3.14. The second-order valence-corrected chi connectivity index (χ2v) is 4.47. The van der Waals surface area contributed by atoms with Gasteiger partial charge in [0.15, 0.2) is 0 Å². The molecule has 0 unspecified atom stereocenters. The van der Waals surface area contributed by atoms with Gasteiger partial charge in [-0.05, 0) is 37.6 Å². The molecule has 1 saturated heterocycles. The Morgan fingerprint density at radius 1 is 1.29 bits per heavy atom. The summed E-state index contributed by atoms with van der Waals surface area (Å²) in [7, 11) is 0. The zero-order valence-electron chi connectivity index (χ0n) is 9.90. The molecule has 1 aromatic carbocycles. The number of hydrogen-bond donors (Lipinski definition) is 1. The van der Waals surface area contributed by atoms with Gasteiger partial charge < -0.3 is 5.84 Å². The molecule has 1 aliphatic heterocycles. The van der Waals surface area contributed by atoms with Gasteiger partial charge in [-0.25, -0.2) is 4.39 Å². The van der Waals surface area contributed by atoms with Crippen LogP contribution < -0.4 is 5.84 Å². The van der Waals surface area contributed by atoms with Gasteiger partial charge in [-0.1, -0.05) is 18.6 Å². The molecule has 1 aliphatic rings. The smallest absolute Gasteiger partial charge is 0.128 e. The van der Waals surface area contributed by atoms with Gasteiger partial charge in [-0.2, -0.15) is 5.10 Å². The van der Waals surface area contributed by atoms with Crippen LogP contribution in [0.4, 0.5) is 4.39 Å². The number of likely N-dealkylation sites (tertiary alicyclic amines) is 1. The number of halogens is 1. The summed E-state index contributed by atoms with van der Waals surface area (Å²) in [6.45, 7) is 2.85. The van der Waals surface area contributed by atoms with Crippen molar-refractivity contribution in [2.75, 3.05) is 13.1 Å². The molecule has 0 amide bonds. The van der Waals surface area contributed by atoms with Crippen molar-refractivity contribution in [2.24, 2.45) is 10.9 Å². The standard InChI is InChI=1S/C13H18FN3/c14-13-8-11(9-16-15)4-5-12(13)10-17-6-2-1-3-7-17/h4-5,8-9H,1-3,6-7,10,15H2. The first-order valence-corrected chi connectivity index (χ1v) is 6.03. The second-order valence-electron chi connectivity index (χ2n) is 4.47. The highest BCUT2D eigenvalue weighted by molar-refractivity contribution is 5.79. The van der Waals surface area contributed by atoms with Gasteiger partial charge in [0.25, 0.3) is 0 Å². The van der Waals surface area contributed by atoms with Crippen LogP contribution in [0.5, 0.6) is 0 Å². The van der Waals surface area contributed by atoms with E-state index in [9.17, 15) is 4.39 Å². The van der Waals surface area contributed by atoms with Crippen molar-refractivity contribution in [3.8, 4) is 0 Å². The maximum absolute atomic E-state index is 13.8. The SMILES string of the molecule is NN=Cc1ccc(CN2CCCCC2)c(F)c1. The van der Waals surface area contributed by atoms with Crippen LogP contribution in [-0.2, 0) is 6.54 Å². The van der Waals surface area contributed by atoms with Crippen molar-refractivity contribution in [3.63, 3.8) is 0 Å². The molecule has 0 radical (unpaired) electrons. The fourth-order valence-corrected chi connectivity index (χ4v) is 2.22. The molecule has 1 aromatic rings. The molecule has 0 atom stereocenters. The van der Waals surface area contributed by atoms with Crippen LogP contribution in [0.2, 0.25) is 0 Å². The Balaban J connectivity index is 2.05. The number of hydrazone groups is 1. The highest BCUT2D eigenvalue weighted by Gasteiger charge is 2.12. The summed E-state index contributed by atoms with van der Waals surface area (Å²) in [6, 6.07) is 5.15. The Labute approximate surface area is 101 Å². The summed E-state index contributed by atoms with van der Waals surface area (Å²) >= 11 is 0. The number of nitrogens with zero attached hydrogens (tertiary/aromatic N) is 2. The summed E-state index contributed by atoms with van der Waals surface area (Å²) in [5.74, 6) is 4.86. The largest absolute Gasteiger partial charge is 0.323 e. The third kappa shape index (κ3) is 3.27. The van der Waals surface area contributed by atoms with E-state index in [1.54, 1.807) is 0 Å². The van der Waals surface area contributed by atoms with E-state index >= 15 is 0 Å². The number of piperidine rings is 1. The van der Waals surface area contributed by atoms with E-state index < -0.39 is 0 Å². The molecule has 0 aliphatic carbocycles. The Kier molecular flexibility index (Phi) is 4.09. The van der Waals surface area contributed by atoms with E-state index in [-0.39, 0.29) is 5.82 Å². The second kappa shape index (κ2) is 5.77. The minimum absolute atomic E-state index is 0.173. The van der Waals surface area contributed by atoms with Crippen molar-refractivity contribution < 1.29 is 4.39 Å². The van der Waals surface area contributed by atoms with E-state index in [1.165, 1.54) is 31.5 Å². The van der Waals surface area contributed by atoms with Crippen molar-refractivity contribution in [1.29, 1.82) is 0 Å². The predicted molar refractivity (Wildman–Crippen MR) is 67.3 cm³/mol. The maximum Gasteiger partial charge on any atom is 0.128 e. The van der Waals surface area contributed by atoms with Gasteiger partial charge in [0.05, 0.1) is 6.21 Å². The summed E-state index contributed by atoms with van der Waals surface area (Å²) in [6.07, 6.45) is 5.19. The predicted octanol–water partition coefficient (Wildman–Crippen LogP) is 2.10. The zero-order valence-corrected chi connectivity index (χ0v) is 9.90. The highest BCUT2D eigenvalue weighted by Crippen LogP contribution is 2.16. The number of nitrogens with two attached hydrogens (primary N) is 1. The molecule has 2 rings (SSSR count). The third-order valence-electron chi connectivity index (χ3n) is 3.14. The molecule has 1 fully saturated rings. The normalized spacial score (nSPS) is 17.7. The summed E-state index contributed by atoms with van der Waals surface area (Å²) in [5, 5.41) is 3.39. The fraction of sp³-hybridized carbons (Fsp3) is 0.462. The molecule has 3 nitrogen and oxygen atoms in total. The minimum atomic E-state index is -0.173. The molecule has 1 heterocycles. The monoisotopic (exact) mass is 235 g/mol. The molecular formula is C13H18FN3. The van der Waals surface area contributed by atoms with E-state index in [2.05, 4.69) is 10.0 Å². The van der Waals surface area contributed by atoms with Crippen LogP contribution in [0.3, 0.4) is 0 Å². The molecular weight excluding hydrogens is 217 g/mol. The molecule has 0 bridgehead atoms. The van der Waals surface area contributed by atoms with Crippen molar-refractivity contribution in [1.82, 2.24) is 4.90 Å². The zero-order chi connectivity index (χ0) is 12.1. The van der Waals surface area contributed by atoms with Gasteiger partial charge >= 0.3 is 0 Å². The van der Waals surface area contributed by atoms with Crippen LogP contribution in [0.15, 0.2) is 23.3 Å². The number of hydrogen-bond acceptors (Lipinski definition) is 3. The average molecular weight is 235 g/mol. The first kappa shape index (κ1) is 12.0. The molecule has 0 saturated carbocycles. The Bertz CT molecular complexity index is 398. The lowest BCUT2D eigenvalue weighted by molar-refractivity contribution is 0.218.